The van der Waals surface area contributed by atoms with Crippen molar-refractivity contribution in [1.82, 2.24) is 4.31 Å². The fourth-order valence-corrected chi connectivity index (χ4v) is 3.19. The lowest BCUT2D eigenvalue weighted by atomic mass is 10.3. The van der Waals surface area contributed by atoms with E-state index in [1.54, 1.807) is 4.31 Å². The summed E-state index contributed by atoms with van der Waals surface area (Å²) in [5, 5.41) is 0. The first-order valence-electron chi connectivity index (χ1n) is 3.82. The number of fused-ring (bicyclic) bond motifs is 1. The van der Waals surface area contributed by atoms with Crippen LogP contribution >= 0.6 is 0 Å². The van der Waals surface area contributed by atoms with E-state index in [1.165, 1.54) is 5.57 Å². The predicted octanol–water partition coefficient (Wildman–Crippen LogP) is 0.208. The quantitative estimate of drug-likeness (QED) is 0.531. The molecule has 11 heavy (non-hydrogen) atoms. The molecule has 0 aromatic heterocycles. The Kier molecular flexibility index (Phi) is 1.38. The molecule has 1 atom stereocenters. The highest BCUT2D eigenvalue weighted by atomic mass is 32.2. The summed E-state index contributed by atoms with van der Waals surface area (Å²) in [7, 11) is -2.90. The van der Waals surface area contributed by atoms with Gasteiger partial charge in [-0.05, 0) is 0 Å². The molecule has 4 heteroatoms. The van der Waals surface area contributed by atoms with Crippen LogP contribution in [0.15, 0.2) is 11.6 Å². The van der Waals surface area contributed by atoms with Crippen molar-refractivity contribution in [3.05, 3.63) is 11.6 Å². The summed E-state index contributed by atoms with van der Waals surface area (Å²) in [4.78, 5) is 0. The molecule has 0 aromatic rings. The van der Waals surface area contributed by atoms with Crippen LogP contribution in [0.2, 0.25) is 0 Å². The summed E-state index contributed by atoms with van der Waals surface area (Å²) in [6.07, 6.45) is 2.05. The minimum atomic E-state index is -2.90. The molecule has 1 fully saturated rings. The molecular weight excluding hydrogens is 162 g/mol. The van der Waals surface area contributed by atoms with Gasteiger partial charge in [-0.25, -0.2) is 8.42 Å². The minimum absolute atomic E-state index is 0.294. The molecule has 0 N–H and O–H groups in total. The van der Waals surface area contributed by atoms with Gasteiger partial charge in [-0.2, -0.15) is 4.31 Å². The molecule has 0 radical (unpaired) electrons. The molecule has 3 nitrogen and oxygen atoms in total. The van der Waals surface area contributed by atoms with Crippen LogP contribution < -0.4 is 0 Å². The normalized spacial score (nSPS) is 34.3. The van der Waals surface area contributed by atoms with Gasteiger partial charge in [-0.15, -0.1) is 0 Å². The smallest absolute Gasteiger partial charge is 0.212 e. The predicted molar refractivity (Wildman–Crippen MR) is 42.6 cm³/mol. The maximum absolute atomic E-state index is 11.3. The maximum Gasteiger partial charge on any atom is 0.215 e. The largest absolute Gasteiger partial charge is 0.215 e. The van der Waals surface area contributed by atoms with Gasteiger partial charge in [0.25, 0.3) is 0 Å². The molecule has 2 aliphatic rings. The monoisotopic (exact) mass is 173 g/mol. The van der Waals surface area contributed by atoms with Crippen molar-refractivity contribution in [3.63, 3.8) is 0 Å². The zero-order valence-electron chi connectivity index (χ0n) is 6.45. The summed E-state index contributed by atoms with van der Waals surface area (Å²) in [6.45, 7) is 3.12. The van der Waals surface area contributed by atoms with E-state index in [0.29, 0.717) is 24.8 Å². The first-order valence-corrected chi connectivity index (χ1v) is 5.43. The maximum atomic E-state index is 11.3. The SMILES string of the molecule is CCN1CC2=CC2CS1(=O)=O. The van der Waals surface area contributed by atoms with Crippen molar-refractivity contribution in [2.75, 3.05) is 18.8 Å². The second-order valence-corrected chi connectivity index (χ2v) is 5.07. The van der Waals surface area contributed by atoms with E-state index in [-0.39, 0.29) is 0 Å². The molecule has 0 bridgehead atoms. The second-order valence-electron chi connectivity index (χ2n) is 3.05. The Hall–Kier alpha value is -0.350. The van der Waals surface area contributed by atoms with Crippen molar-refractivity contribution in [1.29, 1.82) is 0 Å². The molecule has 2 rings (SSSR count). The average Bonchev–Trinajstić information content (AvgIpc) is 2.61. The summed E-state index contributed by atoms with van der Waals surface area (Å²) < 4.78 is 24.2. The van der Waals surface area contributed by atoms with Crippen LogP contribution in [0.25, 0.3) is 0 Å². The number of hydrogen-bond donors (Lipinski definition) is 0. The van der Waals surface area contributed by atoms with Crippen LogP contribution in [-0.4, -0.2) is 31.6 Å². The molecule has 0 saturated carbocycles. The van der Waals surface area contributed by atoms with Gasteiger partial charge < -0.3 is 0 Å². The van der Waals surface area contributed by atoms with Gasteiger partial charge in [0.2, 0.25) is 10.0 Å². The Morgan fingerprint density at radius 2 is 2.45 bits per heavy atom. The van der Waals surface area contributed by atoms with Crippen LogP contribution in [0.5, 0.6) is 0 Å². The van der Waals surface area contributed by atoms with Crippen molar-refractivity contribution in [3.8, 4) is 0 Å². The van der Waals surface area contributed by atoms with Gasteiger partial charge in [0.1, 0.15) is 0 Å². The highest BCUT2D eigenvalue weighted by molar-refractivity contribution is 7.89. The number of rotatable bonds is 1. The molecule has 0 spiro atoms. The van der Waals surface area contributed by atoms with E-state index in [1.807, 2.05) is 13.0 Å². The molecule has 1 heterocycles. The van der Waals surface area contributed by atoms with Crippen LogP contribution in [-0.2, 0) is 10.0 Å². The van der Waals surface area contributed by atoms with Gasteiger partial charge in [0, 0.05) is 19.0 Å². The highest BCUT2D eigenvalue weighted by Gasteiger charge is 2.39. The fraction of sp³-hybridized carbons (Fsp3) is 0.714. The van der Waals surface area contributed by atoms with Gasteiger partial charge in [-0.3, -0.25) is 0 Å². The molecule has 1 aliphatic heterocycles. The molecule has 1 unspecified atom stereocenters. The second kappa shape index (κ2) is 2.08. The van der Waals surface area contributed by atoms with Gasteiger partial charge in [0.15, 0.2) is 0 Å². The molecule has 0 aromatic carbocycles. The van der Waals surface area contributed by atoms with Crippen molar-refractivity contribution < 1.29 is 8.42 Å². The lowest BCUT2D eigenvalue weighted by Crippen LogP contribution is -2.38. The Labute approximate surface area is 66.7 Å². The standard InChI is InChI=1S/C7H11NO2S/c1-2-8-4-6-3-7(6)5-11(8,9)10/h3,7H,2,4-5H2,1H3. The van der Waals surface area contributed by atoms with Crippen LogP contribution in [0.3, 0.4) is 0 Å². The number of sulfonamides is 1. The van der Waals surface area contributed by atoms with E-state index in [2.05, 4.69) is 0 Å². The van der Waals surface area contributed by atoms with Gasteiger partial charge in [-0.1, -0.05) is 18.6 Å². The van der Waals surface area contributed by atoms with E-state index in [4.69, 9.17) is 0 Å². The van der Waals surface area contributed by atoms with Crippen LogP contribution in [0.1, 0.15) is 6.92 Å². The molecule has 0 amide bonds. The van der Waals surface area contributed by atoms with Crippen molar-refractivity contribution >= 4 is 10.0 Å². The molecule has 1 saturated heterocycles. The summed E-state index contributed by atoms with van der Waals surface area (Å²) in [5.41, 5.74) is 1.31. The van der Waals surface area contributed by atoms with E-state index < -0.39 is 10.0 Å². The summed E-state index contributed by atoms with van der Waals surface area (Å²) in [5.74, 6) is 0.610. The van der Waals surface area contributed by atoms with Crippen LogP contribution in [0.4, 0.5) is 0 Å². The third-order valence-electron chi connectivity index (χ3n) is 2.28. The zero-order valence-corrected chi connectivity index (χ0v) is 7.26. The third-order valence-corrected chi connectivity index (χ3v) is 4.23. The fourth-order valence-electron chi connectivity index (χ4n) is 1.48. The lowest BCUT2D eigenvalue weighted by Gasteiger charge is -2.23. The Balaban J connectivity index is 2.23. The molecule has 1 aliphatic carbocycles. The van der Waals surface area contributed by atoms with Gasteiger partial charge in [0.05, 0.1) is 5.75 Å². The van der Waals surface area contributed by atoms with Crippen molar-refractivity contribution in [2.45, 2.75) is 6.92 Å². The minimum Gasteiger partial charge on any atom is -0.212 e. The Bertz CT molecular complexity index is 304. The third kappa shape index (κ3) is 1.10. The Morgan fingerprint density at radius 1 is 1.73 bits per heavy atom. The zero-order chi connectivity index (χ0) is 8.06. The average molecular weight is 173 g/mol. The summed E-state index contributed by atoms with van der Waals surface area (Å²) >= 11 is 0. The number of allylic oxidation sites excluding steroid dienone is 1. The van der Waals surface area contributed by atoms with E-state index in [0.717, 1.165) is 0 Å². The summed E-state index contributed by atoms with van der Waals surface area (Å²) in [6, 6.07) is 0. The van der Waals surface area contributed by atoms with E-state index >= 15 is 0 Å². The Morgan fingerprint density at radius 3 is 3.09 bits per heavy atom. The molecule has 62 valence electrons. The first-order chi connectivity index (χ1) is 5.13. The van der Waals surface area contributed by atoms with E-state index in [9.17, 15) is 8.42 Å². The number of nitrogens with zero attached hydrogens (tertiary/aromatic N) is 1. The highest BCUT2D eigenvalue weighted by Crippen LogP contribution is 2.36. The molecular formula is C7H11NO2S. The van der Waals surface area contributed by atoms with Crippen LogP contribution in [0, 0.1) is 5.92 Å². The van der Waals surface area contributed by atoms with Crippen molar-refractivity contribution in [2.24, 2.45) is 5.92 Å². The number of hydrogen-bond acceptors (Lipinski definition) is 2. The number of likely N-dealkylation sites (N-methyl/N-ethyl adjacent to an activating group) is 1. The van der Waals surface area contributed by atoms with Gasteiger partial charge >= 0.3 is 0 Å². The lowest BCUT2D eigenvalue weighted by molar-refractivity contribution is 0.438. The topological polar surface area (TPSA) is 37.4 Å². The first kappa shape index (κ1) is 7.31.